The summed E-state index contributed by atoms with van der Waals surface area (Å²) in [6.07, 6.45) is 7.62. The Morgan fingerprint density at radius 1 is 1.17 bits per heavy atom. The van der Waals surface area contributed by atoms with Crippen LogP contribution in [0.5, 0.6) is 5.88 Å². The van der Waals surface area contributed by atoms with Crippen LogP contribution in [0.15, 0.2) is 29.3 Å². The Labute approximate surface area is 172 Å². The van der Waals surface area contributed by atoms with Crippen LogP contribution in [0, 0.1) is 19.7 Å². The zero-order valence-electron chi connectivity index (χ0n) is 17.3. The molecule has 0 bridgehead atoms. The number of nitrogens with zero attached hydrogens (tertiary/aromatic N) is 3. The molecule has 6 nitrogen and oxygen atoms in total. The fraction of sp³-hybridized carbons (Fsp3) is 0.348. The van der Waals surface area contributed by atoms with Gasteiger partial charge in [-0.05, 0) is 49.9 Å². The van der Waals surface area contributed by atoms with E-state index >= 15 is 4.39 Å². The highest BCUT2D eigenvalue weighted by molar-refractivity contribution is 6.04. The third-order valence-electron chi connectivity index (χ3n) is 6.25. The summed E-state index contributed by atoms with van der Waals surface area (Å²) in [4.78, 5) is 19.9. The largest absolute Gasteiger partial charge is 0.481 e. The maximum Gasteiger partial charge on any atom is 0.259 e. The molecule has 1 aliphatic carbocycles. The Bertz CT molecular complexity index is 1350. The van der Waals surface area contributed by atoms with Crippen molar-refractivity contribution in [2.24, 2.45) is 0 Å². The second-order valence-electron chi connectivity index (χ2n) is 8.07. The molecule has 3 aromatic heterocycles. The van der Waals surface area contributed by atoms with E-state index in [4.69, 9.17) is 4.74 Å². The minimum atomic E-state index is -0.352. The Morgan fingerprint density at radius 2 is 1.93 bits per heavy atom. The van der Waals surface area contributed by atoms with Crippen LogP contribution in [0.25, 0.3) is 32.9 Å². The molecule has 0 amide bonds. The van der Waals surface area contributed by atoms with Gasteiger partial charge >= 0.3 is 0 Å². The molecule has 1 fully saturated rings. The Morgan fingerprint density at radius 3 is 2.67 bits per heavy atom. The molecule has 1 aromatic carbocycles. The van der Waals surface area contributed by atoms with E-state index in [0.717, 1.165) is 42.4 Å². The van der Waals surface area contributed by atoms with Gasteiger partial charge < -0.3 is 9.72 Å². The molecule has 0 spiro atoms. The molecule has 0 unspecified atom stereocenters. The molecule has 1 N–H and O–H groups in total. The second kappa shape index (κ2) is 6.93. The quantitative estimate of drug-likeness (QED) is 0.529. The summed E-state index contributed by atoms with van der Waals surface area (Å²) >= 11 is 0. The fourth-order valence-electron chi connectivity index (χ4n) is 4.82. The van der Waals surface area contributed by atoms with Crippen molar-refractivity contribution in [1.29, 1.82) is 0 Å². The molecule has 1 aliphatic rings. The van der Waals surface area contributed by atoms with Crippen LogP contribution >= 0.6 is 0 Å². The predicted molar refractivity (Wildman–Crippen MR) is 115 cm³/mol. The van der Waals surface area contributed by atoms with E-state index in [1.165, 1.54) is 6.07 Å². The van der Waals surface area contributed by atoms with E-state index in [1.807, 2.05) is 18.5 Å². The van der Waals surface area contributed by atoms with E-state index in [2.05, 4.69) is 15.1 Å². The van der Waals surface area contributed by atoms with Crippen molar-refractivity contribution in [2.75, 3.05) is 7.11 Å². The molecule has 5 rings (SSSR count). The molecule has 154 valence electrons. The number of fused-ring (bicyclic) bond motifs is 3. The lowest BCUT2D eigenvalue weighted by Gasteiger charge is -2.16. The van der Waals surface area contributed by atoms with Crippen LogP contribution in [0.2, 0.25) is 0 Å². The normalized spacial score (nSPS) is 14.8. The van der Waals surface area contributed by atoms with Gasteiger partial charge in [-0.3, -0.25) is 9.48 Å². The topological polar surface area (TPSA) is 72.8 Å². The molecule has 0 saturated heterocycles. The zero-order valence-corrected chi connectivity index (χ0v) is 17.3. The smallest absolute Gasteiger partial charge is 0.259 e. The number of nitrogens with one attached hydrogen (secondary N) is 1. The second-order valence-corrected chi connectivity index (χ2v) is 8.07. The van der Waals surface area contributed by atoms with Crippen LogP contribution in [0.1, 0.15) is 42.9 Å². The van der Waals surface area contributed by atoms with Crippen molar-refractivity contribution in [2.45, 2.75) is 45.6 Å². The maximum absolute atomic E-state index is 15.5. The minimum Gasteiger partial charge on any atom is -0.481 e. The lowest BCUT2D eigenvalue weighted by molar-refractivity contribution is 0.394. The lowest BCUT2D eigenvalue weighted by atomic mass is 9.95. The molecule has 4 aromatic rings. The summed E-state index contributed by atoms with van der Waals surface area (Å²) in [6, 6.07) is 3.48. The van der Waals surface area contributed by atoms with Gasteiger partial charge in [-0.2, -0.15) is 5.10 Å². The Hall–Kier alpha value is -3.22. The van der Waals surface area contributed by atoms with Crippen LogP contribution in [-0.2, 0) is 0 Å². The van der Waals surface area contributed by atoms with Crippen molar-refractivity contribution < 1.29 is 9.13 Å². The van der Waals surface area contributed by atoms with Gasteiger partial charge in [0.15, 0.2) is 0 Å². The number of pyridine rings is 2. The minimum absolute atomic E-state index is 0.208. The first-order valence-electron chi connectivity index (χ1n) is 10.2. The van der Waals surface area contributed by atoms with Crippen molar-refractivity contribution in [3.05, 3.63) is 51.8 Å². The van der Waals surface area contributed by atoms with Crippen molar-refractivity contribution in [1.82, 2.24) is 19.7 Å². The number of rotatable bonds is 3. The monoisotopic (exact) mass is 406 g/mol. The highest BCUT2D eigenvalue weighted by Crippen LogP contribution is 2.37. The number of aryl methyl sites for hydroxylation is 1. The molecule has 0 radical (unpaired) electrons. The molecule has 3 heterocycles. The standard InChI is InChI=1S/C23H23FN4O2/c1-12-10-25-23(30-3)13(2)20(12)15-9-19-16(8-18(15)24)21-17(22(29)27-19)11-26-28(21)14-6-4-5-7-14/h8-11,14H,4-7H2,1-3H3,(H,27,29). The third kappa shape index (κ3) is 2.72. The van der Waals surface area contributed by atoms with Gasteiger partial charge in [-0.15, -0.1) is 0 Å². The number of aromatic nitrogens is 4. The van der Waals surface area contributed by atoms with Gasteiger partial charge in [-0.25, -0.2) is 9.37 Å². The van der Waals surface area contributed by atoms with E-state index < -0.39 is 0 Å². The fourth-order valence-corrected chi connectivity index (χ4v) is 4.82. The number of halogens is 1. The Balaban J connectivity index is 1.81. The van der Waals surface area contributed by atoms with Gasteiger partial charge in [0.25, 0.3) is 5.56 Å². The van der Waals surface area contributed by atoms with Crippen molar-refractivity contribution >= 4 is 21.8 Å². The summed E-state index contributed by atoms with van der Waals surface area (Å²) in [5.41, 5.74) is 3.85. The molecule has 1 saturated carbocycles. The van der Waals surface area contributed by atoms with Crippen LogP contribution < -0.4 is 10.3 Å². The zero-order chi connectivity index (χ0) is 21.0. The van der Waals surface area contributed by atoms with Crippen LogP contribution in [-0.4, -0.2) is 26.9 Å². The van der Waals surface area contributed by atoms with Gasteiger partial charge in [0.05, 0.1) is 35.8 Å². The lowest BCUT2D eigenvalue weighted by Crippen LogP contribution is -2.10. The van der Waals surface area contributed by atoms with E-state index in [0.29, 0.717) is 33.2 Å². The highest BCUT2D eigenvalue weighted by atomic mass is 19.1. The number of aromatic amines is 1. The van der Waals surface area contributed by atoms with E-state index in [1.54, 1.807) is 25.6 Å². The van der Waals surface area contributed by atoms with E-state index in [9.17, 15) is 4.79 Å². The molecule has 0 atom stereocenters. The maximum atomic E-state index is 15.5. The van der Waals surface area contributed by atoms with Crippen molar-refractivity contribution in [3.63, 3.8) is 0 Å². The average molecular weight is 406 g/mol. The van der Waals surface area contributed by atoms with Gasteiger partial charge in [-0.1, -0.05) is 12.8 Å². The number of hydrogen-bond donors (Lipinski definition) is 1. The molecule has 0 aliphatic heterocycles. The number of benzene rings is 1. The first-order valence-corrected chi connectivity index (χ1v) is 10.2. The van der Waals surface area contributed by atoms with Crippen molar-refractivity contribution in [3.8, 4) is 17.0 Å². The number of methoxy groups -OCH3 is 1. The van der Waals surface area contributed by atoms with Gasteiger partial charge in [0, 0.05) is 22.7 Å². The molecule has 30 heavy (non-hydrogen) atoms. The average Bonchev–Trinajstić information content (AvgIpc) is 3.39. The highest BCUT2D eigenvalue weighted by Gasteiger charge is 2.23. The molecular weight excluding hydrogens is 383 g/mol. The summed E-state index contributed by atoms with van der Waals surface area (Å²) in [6.45, 7) is 3.75. The van der Waals surface area contributed by atoms with Gasteiger partial charge in [0.2, 0.25) is 5.88 Å². The SMILES string of the molecule is COc1ncc(C)c(-c2cc3[nH]c(=O)c4cnn(C5CCCC5)c4c3cc2F)c1C. The predicted octanol–water partition coefficient (Wildman–Crippen LogP) is 4.82. The van der Waals surface area contributed by atoms with Crippen LogP contribution in [0.3, 0.4) is 0 Å². The summed E-state index contributed by atoms with van der Waals surface area (Å²) in [5.74, 6) is 0.104. The Kier molecular flexibility index (Phi) is 4.34. The molecular formula is C23H23FN4O2. The van der Waals surface area contributed by atoms with E-state index in [-0.39, 0.29) is 17.4 Å². The number of H-pyrrole nitrogens is 1. The summed E-state index contributed by atoms with van der Waals surface area (Å²) in [7, 11) is 1.55. The van der Waals surface area contributed by atoms with Crippen LogP contribution in [0.4, 0.5) is 4.39 Å². The summed E-state index contributed by atoms with van der Waals surface area (Å²) < 4.78 is 22.7. The third-order valence-corrected chi connectivity index (χ3v) is 6.25. The first kappa shape index (κ1) is 18.8. The number of hydrogen-bond acceptors (Lipinski definition) is 4. The number of ether oxygens (including phenoxy) is 1. The molecule has 7 heteroatoms. The summed E-state index contributed by atoms with van der Waals surface area (Å²) in [5, 5.41) is 5.67. The first-order chi connectivity index (χ1) is 14.5. The van der Waals surface area contributed by atoms with Gasteiger partial charge in [0.1, 0.15) is 5.82 Å².